The van der Waals surface area contributed by atoms with Gasteiger partial charge in [-0.2, -0.15) is 0 Å². The molecule has 0 aliphatic carbocycles. The molecule has 0 spiro atoms. The second kappa shape index (κ2) is 7.46. The standard InChI is InChI=1S/C16H13NO5S/c18-14(17-11-7-5-10(6-8-11)15(19)20)9-23-13-4-2-1-3-12(13)16(21)22/h1-8H,9H2,(H,17,18)(H,19,20)(H,21,22)/p-2. The number of thioether (sulfide) groups is 1. The van der Waals surface area contributed by atoms with Crippen molar-refractivity contribution in [1.82, 2.24) is 0 Å². The molecular formula is C16H11NO5S-2. The number of carbonyl (C=O) groups is 3. The molecule has 1 N–H and O–H groups in total. The molecule has 0 radical (unpaired) electrons. The van der Waals surface area contributed by atoms with Crippen molar-refractivity contribution in [2.75, 3.05) is 11.1 Å². The maximum atomic E-state index is 11.9. The first-order valence-corrected chi connectivity index (χ1v) is 7.50. The monoisotopic (exact) mass is 329 g/mol. The molecule has 0 heterocycles. The van der Waals surface area contributed by atoms with Gasteiger partial charge in [0.15, 0.2) is 0 Å². The van der Waals surface area contributed by atoms with Gasteiger partial charge in [-0.15, -0.1) is 11.8 Å². The number of carboxylic acids is 2. The quantitative estimate of drug-likeness (QED) is 0.755. The summed E-state index contributed by atoms with van der Waals surface area (Å²) in [6, 6.07) is 11.8. The molecule has 0 aliphatic heterocycles. The van der Waals surface area contributed by atoms with Crippen molar-refractivity contribution in [3.05, 3.63) is 59.7 Å². The molecule has 0 atom stereocenters. The van der Waals surface area contributed by atoms with Crippen LogP contribution in [0.2, 0.25) is 0 Å². The van der Waals surface area contributed by atoms with Crippen LogP contribution in [0.3, 0.4) is 0 Å². The number of amides is 1. The van der Waals surface area contributed by atoms with E-state index >= 15 is 0 Å². The van der Waals surface area contributed by atoms with Gasteiger partial charge in [-0.3, -0.25) is 4.79 Å². The van der Waals surface area contributed by atoms with Gasteiger partial charge in [0.2, 0.25) is 5.91 Å². The SMILES string of the molecule is O=C(CSc1ccccc1C(=O)[O-])Nc1ccc(C(=O)[O-])cc1. The van der Waals surface area contributed by atoms with Crippen LogP contribution in [0.1, 0.15) is 20.7 Å². The van der Waals surface area contributed by atoms with Gasteiger partial charge >= 0.3 is 0 Å². The molecule has 23 heavy (non-hydrogen) atoms. The Morgan fingerprint density at radius 3 is 2.17 bits per heavy atom. The van der Waals surface area contributed by atoms with Gasteiger partial charge in [-0.1, -0.05) is 30.3 Å². The van der Waals surface area contributed by atoms with Gasteiger partial charge in [0.25, 0.3) is 0 Å². The lowest BCUT2D eigenvalue weighted by molar-refractivity contribution is -0.256. The molecule has 2 rings (SSSR count). The van der Waals surface area contributed by atoms with E-state index in [-0.39, 0.29) is 22.8 Å². The molecule has 0 fully saturated rings. The minimum absolute atomic E-state index is 0.00648. The molecule has 0 aliphatic rings. The molecule has 0 bridgehead atoms. The van der Waals surface area contributed by atoms with E-state index in [1.807, 2.05) is 0 Å². The average Bonchev–Trinajstić information content (AvgIpc) is 2.53. The average molecular weight is 329 g/mol. The fourth-order valence-corrected chi connectivity index (χ4v) is 2.63. The molecule has 0 saturated carbocycles. The summed E-state index contributed by atoms with van der Waals surface area (Å²) in [4.78, 5) is 33.9. The van der Waals surface area contributed by atoms with E-state index in [1.54, 1.807) is 18.2 Å². The van der Waals surface area contributed by atoms with Crippen molar-refractivity contribution >= 4 is 35.3 Å². The van der Waals surface area contributed by atoms with E-state index in [9.17, 15) is 24.6 Å². The van der Waals surface area contributed by atoms with Crippen LogP contribution in [0.5, 0.6) is 0 Å². The molecule has 0 saturated heterocycles. The number of anilines is 1. The van der Waals surface area contributed by atoms with Crippen molar-refractivity contribution in [3.8, 4) is 0 Å². The Morgan fingerprint density at radius 2 is 1.57 bits per heavy atom. The third-order valence-corrected chi connectivity index (χ3v) is 3.94. The molecular weight excluding hydrogens is 318 g/mol. The van der Waals surface area contributed by atoms with Crippen molar-refractivity contribution < 1.29 is 24.6 Å². The summed E-state index contributed by atoms with van der Waals surface area (Å²) < 4.78 is 0. The van der Waals surface area contributed by atoms with E-state index < -0.39 is 11.9 Å². The van der Waals surface area contributed by atoms with Crippen LogP contribution in [0.15, 0.2) is 53.4 Å². The lowest BCUT2D eigenvalue weighted by Gasteiger charge is -2.10. The van der Waals surface area contributed by atoms with Crippen LogP contribution in [0, 0.1) is 0 Å². The van der Waals surface area contributed by atoms with Gasteiger partial charge in [-0.25, -0.2) is 0 Å². The minimum atomic E-state index is -1.30. The Labute approximate surface area is 136 Å². The molecule has 0 aromatic heterocycles. The van der Waals surface area contributed by atoms with Crippen molar-refractivity contribution in [3.63, 3.8) is 0 Å². The highest BCUT2D eigenvalue weighted by Gasteiger charge is 2.07. The van der Waals surface area contributed by atoms with Gasteiger partial charge in [0.1, 0.15) is 0 Å². The van der Waals surface area contributed by atoms with Gasteiger partial charge in [-0.05, 0) is 23.8 Å². The van der Waals surface area contributed by atoms with Crippen molar-refractivity contribution in [1.29, 1.82) is 0 Å². The van der Waals surface area contributed by atoms with Gasteiger partial charge < -0.3 is 25.1 Å². The van der Waals surface area contributed by atoms with Crippen LogP contribution in [0.4, 0.5) is 5.69 Å². The summed E-state index contributed by atoms with van der Waals surface area (Å²) in [5.41, 5.74) is 0.484. The highest BCUT2D eigenvalue weighted by atomic mass is 32.2. The smallest absolute Gasteiger partial charge is 0.234 e. The molecule has 2 aromatic rings. The Hall–Kier alpha value is -2.80. The molecule has 0 unspecified atom stereocenters. The summed E-state index contributed by atoms with van der Waals surface area (Å²) in [6.45, 7) is 0. The number of hydrogen-bond donors (Lipinski definition) is 1. The number of aromatic carboxylic acids is 2. The Balaban J connectivity index is 1.95. The van der Waals surface area contributed by atoms with E-state index in [2.05, 4.69) is 5.32 Å². The number of carboxylic acid groups (broad SMARTS) is 2. The number of hydrogen-bond acceptors (Lipinski definition) is 6. The fraction of sp³-hybridized carbons (Fsp3) is 0.0625. The van der Waals surface area contributed by atoms with E-state index in [0.717, 1.165) is 11.8 Å². The lowest BCUT2D eigenvalue weighted by atomic mass is 10.2. The first-order chi connectivity index (χ1) is 11.0. The summed E-state index contributed by atoms with van der Waals surface area (Å²) in [6.07, 6.45) is 0. The van der Waals surface area contributed by atoms with Crippen LogP contribution in [-0.2, 0) is 4.79 Å². The number of carbonyl (C=O) groups excluding carboxylic acids is 3. The second-order valence-corrected chi connectivity index (χ2v) is 5.50. The number of benzene rings is 2. The first-order valence-electron chi connectivity index (χ1n) is 6.52. The Morgan fingerprint density at radius 1 is 0.913 bits per heavy atom. The number of rotatable bonds is 6. The predicted molar refractivity (Wildman–Crippen MR) is 80.9 cm³/mol. The predicted octanol–water partition coefficient (Wildman–Crippen LogP) is 0.144. The van der Waals surface area contributed by atoms with Crippen LogP contribution in [0.25, 0.3) is 0 Å². The third-order valence-electron chi connectivity index (χ3n) is 2.87. The van der Waals surface area contributed by atoms with Crippen LogP contribution in [-0.4, -0.2) is 23.6 Å². The number of nitrogens with one attached hydrogen (secondary N) is 1. The van der Waals surface area contributed by atoms with Crippen LogP contribution < -0.4 is 15.5 Å². The summed E-state index contributed by atoms with van der Waals surface area (Å²) >= 11 is 1.07. The molecule has 7 heteroatoms. The Kier molecular flexibility index (Phi) is 5.37. The van der Waals surface area contributed by atoms with Crippen LogP contribution >= 0.6 is 11.8 Å². The largest absolute Gasteiger partial charge is 0.545 e. The topological polar surface area (TPSA) is 109 Å². The summed E-state index contributed by atoms with van der Waals surface area (Å²) in [5.74, 6) is -2.93. The second-order valence-electron chi connectivity index (χ2n) is 4.49. The van der Waals surface area contributed by atoms with Crippen molar-refractivity contribution in [2.24, 2.45) is 0 Å². The summed E-state index contributed by atoms with van der Waals surface area (Å²) in [5, 5.41) is 24.2. The zero-order chi connectivity index (χ0) is 16.8. The van der Waals surface area contributed by atoms with Gasteiger partial charge in [0, 0.05) is 16.1 Å². The normalized spacial score (nSPS) is 10.1. The van der Waals surface area contributed by atoms with E-state index in [4.69, 9.17) is 0 Å². The van der Waals surface area contributed by atoms with E-state index in [1.165, 1.54) is 30.3 Å². The first kappa shape index (κ1) is 16.6. The zero-order valence-corrected chi connectivity index (χ0v) is 12.6. The zero-order valence-electron chi connectivity index (χ0n) is 11.8. The summed E-state index contributed by atoms with van der Waals surface area (Å²) in [7, 11) is 0. The molecule has 2 aromatic carbocycles. The van der Waals surface area contributed by atoms with E-state index in [0.29, 0.717) is 10.6 Å². The highest BCUT2D eigenvalue weighted by Crippen LogP contribution is 2.22. The molecule has 6 nitrogen and oxygen atoms in total. The molecule has 1 amide bonds. The molecule has 118 valence electrons. The minimum Gasteiger partial charge on any atom is -0.545 e. The maximum Gasteiger partial charge on any atom is 0.234 e. The fourth-order valence-electron chi connectivity index (χ4n) is 1.79. The van der Waals surface area contributed by atoms with Crippen molar-refractivity contribution in [2.45, 2.75) is 4.90 Å². The highest BCUT2D eigenvalue weighted by molar-refractivity contribution is 8.00. The Bertz CT molecular complexity index is 742. The van der Waals surface area contributed by atoms with Gasteiger partial charge in [0.05, 0.1) is 17.7 Å². The lowest BCUT2D eigenvalue weighted by Crippen LogP contribution is -2.23. The third kappa shape index (κ3) is 4.58. The maximum absolute atomic E-state index is 11.9.